The largest absolute Gasteiger partial charge is 0.378 e. The number of benzene rings is 1. The Balaban J connectivity index is 1.17. The molecule has 0 saturated carbocycles. The minimum Gasteiger partial charge on any atom is -0.378 e. The summed E-state index contributed by atoms with van der Waals surface area (Å²) in [6.07, 6.45) is 5.43. The average molecular weight is 427 g/mol. The van der Waals surface area contributed by atoms with Crippen LogP contribution >= 0.6 is 0 Å². The molecule has 7 nitrogen and oxygen atoms in total. The van der Waals surface area contributed by atoms with Crippen LogP contribution in [0.1, 0.15) is 5.56 Å². The maximum absolute atomic E-state index is 5.34. The van der Waals surface area contributed by atoms with E-state index in [1.807, 2.05) is 30.6 Å². The van der Waals surface area contributed by atoms with Crippen LogP contribution in [0.15, 0.2) is 67.3 Å². The van der Waals surface area contributed by atoms with Crippen molar-refractivity contribution < 1.29 is 4.74 Å². The Morgan fingerprint density at radius 1 is 0.875 bits per heavy atom. The first-order chi connectivity index (χ1) is 15.8. The maximum atomic E-state index is 5.34. The lowest BCUT2D eigenvalue weighted by Gasteiger charge is -2.42. The molecule has 0 atom stereocenters. The molecular formula is C25H26N6O. The van der Waals surface area contributed by atoms with Gasteiger partial charge in [0, 0.05) is 56.4 Å². The molecule has 162 valence electrons. The Labute approximate surface area is 187 Å². The molecule has 3 aromatic heterocycles. The van der Waals surface area contributed by atoms with E-state index >= 15 is 0 Å². The number of hydrogen-bond acceptors (Lipinski definition) is 6. The fraction of sp³-hybridized carbons (Fsp3) is 0.320. The monoisotopic (exact) mass is 426 g/mol. The molecule has 0 bridgehead atoms. The van der Waals surface area contributed by atoms with Crippen molar-refractivity contribution in [3.8, 4) is 16.9 Å². The molecule has 0 spiro atoms. The molecule has 2 aliphatic heterocycles. The van der Waals surface area contributed by atoms with Crippen LogP contribution < -0.4 is 0 Å². The number of imidazole rings is 1. The van der Waals surface area contributed by atoms with Gasteiger partial charge in [0.15, 0.2) is 5.65 Å². The number of rotatable bonds is 5. The van der Waals surface area contributed by atoms with Crippen LogP contribution in [0.25, 0.3) is 28.1 Å². The predicted octanol–water partition coefficient (Wildman–Crippen LogP) is 3.00. The molecule has 7 heteroatoms. The molecule has 0 aliphatic carbocycles. The van der Waals surface area contributed by atoms with Gasteiger partial charge in [0.2, 0.25) is 0 Å². The van der Waals surface area contributed by atoms with Crippen molar-refractivity contribution in [2.24, 2.45) is 0 Å². The number of nitrogens with zero attached hydrogens (tertiary/aromatic N) is 6. The molecule has 0 amide bonds. The van der Waals surface area contributed by atoms with Gasteiger partial charge in [0.05, 0.1) is 24.9 Å². The first-order valence-electron chi connectivity index (χ1n) is 11.2. The minimum absolute atomic E-state index is 0.647. The zero-order valence-corrected chi connectivity index (χ0v) is 18.0. The zero-order chi connectivity index (χ0) is 21.3. The standard InChI is InChI=1S/C25H26N6O/c1-3-21(4-2-19(1)15-29-11-13-30(14-12-29)22-16-32-17-22)31-18-27-24-6-5-23(28-25(24)31)20-7-9-26-10-8-20/h1-10,18,22H,11-17H2. The molecular weight excluding hydrogens is 400 g/mol. The number of fused-ring (bicyclic) bond motifs is 1. The Morgan fingerprint density at radius 3 is 2.38 bits per heavy atom. The second-order valence-corrected chi connectivity index (χ2v) is 8.56. The highest BCUT2D eigenvalue weighted by Crippen LogP contribution is 2.23. The summed E-state index contributed by atoms with van der Waals surface area (Å²) in [6.45, 7) is 7.31. The van der Waals surface area contributed by atoms with Gasteiger partial charge in [-0.25, -0.2) is 9.97 Å². The van der Waals surface area contributed by atoms with Gasteiger partial charge in [-0.2, -0.15) is 0 Å². The number of pyridine rings is 2. The molecule has 1 aromatic carbocycles. The first-order valence-corrected chi connectivity index (χ1v) is 11.2. The molecule has 0 radical (unpaired) electrons. The van der Waals surface area contributed by atoms with Gasteiger partial charge >= 0.3 is 0 Å². The van der Waals surface area contributed by atoms with Crippen LogP contribution in [0.3, 0.4) is 0 Å². The highest BCUT2D eigenvalue weighted by Gasteiger charge is 2.28. The Hall–Kier alpha value is -3.13. The molecule has 4 aromatic rings. The lowest BCUT2D eigenvalue weighted by molar-refractivity contribution is -0.0774. The normalized spacial score (nSPS) is 18.1. The van der Waals surface area contributed by atoms with E-state index < -0.39 is 0 Å². The van der Waals surface area contributed by atoms with E-state index in [1.165, 1.54) is 5.56 Å². The summed E-state index contributed by atoms with van der Waals surface area (Å²) in [5.41, 5.74) is 6.14. The fourth-order valence-corrected chi connectivity index (χ4v) is 4.51. The summed E-state index contributed by atoms with van der Waals surface area (Å²) in [5.74, 6) is 0. The number of piperazine rings is 1. The third-order valence-corrected chi connectivity index (χ3v) is 6.54. The van der Waals surface area contributed by atoms with E-state index in [2.05, 4.69) is 48.6 Å². The average Bonchev–Trinajstić information content (AvgIpc) is 3.24. The minimum atomic E-state index is 0.647. The van der Waals surface area contributed by atoms with Crippen molar-refractivity contribution >= 4 is 11.2 Å². The zero-order valence-electron chi connectivity index (χ0n) is 18.0. The number of ether oxygens (including phenoxy) is 1. The van der Waals surface area contributed by atoms with Crippen LogP contribution in [0.2, 0.25) is 0 Å². The van der Waals surface area contributed by atoms with E-state index in [4.69, 9.17) is 9.72 Å². The van der Waals surface area contributed by atoms with E-state index in [0.717, 1.165) is 74.0 Å². The van der Waals surface area contributed by atoms with Crippen molar-refractivity contribution in [3.63, 3.8) is 0 Å². The topological polar surface area (TPSA) is 59.3 Å². The molecule has 2 fully saturated rings. The third kappa shape index (κ3) is 3.79. The molecule has 2 aliphatic rings. The van der Waals surface area contributed by atoms with Gasteiger partial charge in [0.1, 0.15) is 11.8 Å². The Kier molecular flexibility index (Phi) is 5.15. The number of aromatic nitrogens is 4. The van der Waals surface area contributed by atoms with Gasteiger partial charge in [-0.05, 0) is 42.0 Å². The first kappa shape index (κ1) is 19.5. The van der Waals surface area contributed by atoms with Crippen molar-refractivity contribution in [1.29, 1.82) is 0 Å². The van der Waals surface area contributed by atoms with Gasteiger partial charge in [-0.1, -0.05) is 12.1 Å². The summed E-state index contributed by atoms with van der Waals surface area (Å²) < 4.78 is 7.40. The van der Waals surface area contributed by atoms with Crippen LogP contribution in [-0.2, 0) is 11.3 Å². The van der Waals surface area contributed by atoms with Crippen molar-refractivity contribution in [2.75, 3.05) is 39.4 Å². The molecule has 0 N–H and O–H groups in total. The summed E-state index contributed by atoms with van der Waals surface area (Å²) >= 11 is 0. The quantitative estimate of drug-likeness (QED) is 0.489. The van der Waals surface area contributed by atoms with E-state index in [-0.39, 0.29) is 0 Å². The smallest absolute Gasteiger partial charge is 0.165 e. The highest BCUT2D eigenvalue weighted by atomic mass is 16.5. The van der Waals surface area contributed by atoms with E-state index in [1.54, 1.807) is 12.4 Å². The van der Waals surface area contributed by atoms with Gasteiger partial charge < -0.3 is 4.74 Å². The summed E-state index contributed by atoms with van der Waals surface area (Å²) in [5, 5.41) is 0. The summed E-state index contributed by atoms with van der Waals surface area (Å²) in [6, 6.07) is 17.4. The highest BCUT2D eigenvalue weighted by molar-refractivity contribution is 5.77. The van der Waals surface area contributed by atoms with Crippen molar-refractivity contribution in [2.45, 2.75) is 12.6 Å². The predicted molar refractivity (Wildman–Crippen MR) is 124 cm³/mol. The van der Waals surface area contributed by atoms with Gasteiger partial charge in [-0.3, -0.25) is 19.4 Å². The fourth-order valence-electron chi connectivity index (χ4n) is 4.51. The van der Waals surface area contributed by atoms with Crippen molar-refractivity contribution in [3.05, 3.63) is 72.8 Å². The summed E-state index contributed by atoms with van der Waals surface area (Å²) in [7, 11) is 0. The van der Waals surface area contributed by atoms with Crippen LogP contribution in [-0.4, -0.2) is 74.8 Å². The van der Waals surface area contributed by atoms with Crippen LogP contribution in [0.4, 0.5) is 0 Å². The van der Waals surface area contributed by atoms with E-state index in [9.17, 15) is 0 Å². The second kappa shape index (κ2) is 8.43. The Morgan fingerprint density at radius 2 is 1.66 bits per heavy atom. The lowest BCUT2D eigenvalue weighted by atomic mass is 10.1. The van der Waals surface area contributed by atoms with Gasteiger partial charge in [0.25, 0.3) is 0 Å². The van der Waals surface area contributed by atoms with Crippen LogP contribution in [0.5, 0.6) is 0 Å². The number of hydrogen-bond donors (Lipinski definition) is 0. The van der Waals surface area contributed by atoms with Crippen LogP contribution in [0, 0.1) is 0 Å². The molecule has 5 heterocycles. The Bertz CT molecular complexity index is 1190. The van der Waals surface area contributed by atoms with Crippen molar-refractivity contribution in [1.82, 2.24) is 29.3 Å². The second-order valence-electron chi connectivity index (χ2n) is 8.56. The molecule has 6 rings (SSSR count). The molecule has 32 heavy (non-hydrogen) atoms. The summed E-state index contributed by atoms with van der Waals surface area (Å²) in [4.78, 5) is 18.6. The third-order valence-electron chi connectivity index (χ3n) is 6.54. The lowest BCUT2D eigenvalue weighted by Crippen LogP contribution is -2.56. The van der Waals surface area contributed by atoms with E-state index in [0.29, 0.717) is 6.04 Å². The molecule has 2 saturated heterocycles. The molecule has 0 unspecified atom stereocenters. The SMILES string of the molecule is c1cc(-c2ccc3ncn(-c4ccc(CN5CCN(C6COC6)CC5)cc4)c3n2)ccn1. The van der Waals surface area contributed by atoms with Gasteiger partial charge in [-0.15, -0.1) is 0 Å². The maximum Gasteiger partial charge on any atom is 0.165 e.